The lowest BCUT2D eigenvalue weighted by molar-refractivity contribution is 0.600. The van der Waals surface area contributed by atoms with Gasteiger partial charge in [0, 0.05) is 11.4 Å². The minimum Gasteiger partial charge on any atom is -0.399 e. The second-order valence-corrected chi connectivity index (χ2v) is 6.38. The SMILES string of the molecule is CCc1ccc(NS(=O)(=O)Cc2ccc(N)cc2)cc1. The lowest BCUT2D eigenvalue weighted by atomic mass is 10.2. The minimum atomic E-state index is -3.41. The number of nitrogens with two attached hydrogens (primary N) is 1. The van der Waals surface area contributed by atoms with Crippen molar-refractivity contribution in [3.05, 3.63) is 59.7 Å². The molecule has 0 radical (unpaired) electrons. The van der Waals surface area contributed by atoms with Gasteiger partial charge in [-0.2, -0.15) is 0 Å². The normalized spacial score (nSPS) is 11.2. The summed E-state index contributed by atoms with van der Waals surface area (Å²) in [6.45, 7) is 2.06. The standard InChI is InChI=1S/C15H18N2O2S/c1-2-12-5-9-15(10-6-12)17-20(18,19)11-13-3-7-14(16)8-4-13/h3-10,17H,2,11,16H2,1H3. The van der Waals surface area contributed by atoms with Gasteiger partial charge in [0.25, 0.3) is 0 Å². The molecule has 0 saturated carbocycles. The first-order valence-corrected chi connectivity index (χ1v) is 8.07. The largest absolute Gasteiger partial charge is 0.399 e. The molecular weight excluding hydrogens is 272 g/mol. The highest BCUT2D eigenvalue weighted by Crippen LogP contribution is 2.15. The van der Waals surface area contributed by atoms with Gasteiger partial charge >= 0.3 is 0 Å². The van der Waals surface area contributed by atoms with Gasteiger partial charge in [0.1, 0.15) is 0 Å². The van der Waals surface area contributed by atoms with Gasteiger partial charge in [-0.1, -0.05) is 31.2 Å². The third kappa shape index (κ3) is 3.99. The van der Waals surface area contributed by atoms with Gasteiger partial charge in [-0.3, -0.25) is 4.72 Å². The topological polar surface area (TPSA) is 72.2 Å². The molecule has 0 heterocycles. The van der Waals surface area contributed by atoms with Crippen molar-refractivity contribution in [1.82, 2.24) is 0 Å². The molecule has 0 saturated heterocycles. The smallest absolute Gasteiger partial charge is 0.236 e. The van der Waals surface area contributed by atoms with E-state index in [0.717, 1.165) is 6.42 Å². The Hall–Kier alpha value is -2.01. The van der Waals surface area contributed by atoms with E-state index < -0.39 is 10.0 Å². The van der Waals surface area contributed by atoms with Crippen LogP contribution in [0.2, 0.25) is 0 Å². The average Bonchev–Trinajstić information content (AvgIpc) is 2.41. The van der Waals surface area contributed by atoms with Gasteiger partial charge in [0.05, 0.1) is 5.75 Å². The zero-order valence-electron chi connectivity index (χ0n) is 11.3. The van der Waals surface area contributed by atoms with Crippen LogP contribution in [0.25, 0.3) is 0 Å². The van der Waals surface area contributed by atoms with E-state index in [0.29, 0.717) is 16.9 Å². The molecule has 0 aliphatic heterocycles. The Balaban J connectivity index is 2.08. The van der Waals surface area contributed by atoms with Gasteiger partial charge in [-0.15, -0.1) is 0 Å². The van der Waals surface area contributed by atoms with Crippen molar-refractivity contribution < 1.29 is 8.42 Å². The summed E-state index contributed by atoms with van der Waals surface area (Å²) in [5.74, 6) is -0.0667. The Bertz CT molecular complexity index is 662. The van der Waals surface area contributed by atoms with Crippen molar-refractivity contribution in [1.29, 1.82) is 0 Å². The van der Waals surface area contributed by atoms with E-state index in [4.69, 9.17) is 5.73 Å². The van der Waals surface area contributed by atoms with Crippen LogP contribution in [0, 0.1) is 0 Å². The molecule has 4 nitrogen and oxygen atoms in total. The van der Waals surface area contributed by atoms with Crippen molar-refractivity contribution >= 4 is 21.4 Å². The van der Waals surface area contributed by atoms with Crippen LogP contribution in [0.5, 0.6) is 0 Å². The van der Waals surface area contributed by atoms with Crippen molar-refractivity contribution in [2.75, 3.05) is 10.5 Å². The number of aryl methyl sites for hydroxylation is 1. The van der Waals surface area contributed by atoms with E-state index in [2.05, 4.69) is 11.6 Å². The van der Waals surface area contributed by atoms with Crippen LogP contribution in [0.1, 0.15) is 18.1 Å². The molecule has 0 amide bonds. The van der Waals surface area contributed by atoms with Gasteiger partial charge in [0.2, 0.25) is 10.0 Å². The lowest BCUT2D eigenvalue weighted by Crippen LogP contribution is -2.15. The molecule has 2 aromatic rings. The summed E-state index contributed by atoms with van der Waals surface area (Å²) < 4.78 is 26.7. The maximum atomic E-state index is 12.1. The molecule has 5 heteroatoms. The molecule has 2 rings (SSSR count). The first-order chi connectivity index (χ1) is 9.48. The molecule has 106 valence electrons. The second-order valence-electron chi connectivity index (χ2n) is 4.65. The summed E-state index contributed by atoms with van der Waals surface area (Å²) in [7, 11) is -3.41. The van der Waals surface area contributed by atoms with Crippen LogP contribution in [-0.2, 0) is 22.2 Å². The highest BCUT2D eigenvalue weighted by Gasteiger charge is 2.11. The summed E-state index contributed by atoms with van der Waals surface area (Å²) in [6, 6.07) is 14.2. The molecule has 0 aromatic heterocycles. The molecule has 0 aliphatic carbocycles. The highest BCUT2D eigenvalue weighted by molar-refractivity contribution is 7.91. The van der Waals surface area contributed by atoms with E-state index in [9.17, 15) is 8.42 Å². The predicted octanol–water partition coefficient (Wildman–Crippen LogP) is 2.77. The summed E-state index contributed by atoms with van der Waals surface area (Å²) >= 11 is 0. The molecule has 0 unspecified atom stereocenters. The van der Waals surface area contributed by atoms with Crippen LogP contribution in [0.4, 0.5) is 11.4 Å². The Kier molecular flexibility index (Phi) is 4.29. The van der Waals surface area contributed by atoms with Crippen molar-refractivity contribution in [3.63, 3.8) is 0 Å². The molecular formula is C15H18N2O2S. The van der Waals surface area contributed by atoms with E-state index >= 15 is 0 Å². The molecule has 2 aromatic carbocycles. The molecule has 0 bridgehead atoms. The number of hydrogen-bond donors (Lipinski definition) is 2. The third-order valence-electron chi connectivity index (χ3n) is 2.97. The van der Waals surface area contributed by atoms with Gasteiger partial charge in [0.15, 0.2) is 0 Å². The van der Waals surface area contributed by atoms with Crippen LogP contribution < -0.4 is 10.5 Å². The number of nitrogen functional groups attached to an aromatic ring is 1. The Labute approximate surface area is 119 Å². The Morgan fingerprint density at radius 3 is 2.05 bits per heavy atom. The van der Waals surface area contributed by atoms with Crippen LogP contribution in [0.15, 0.2) is 48.5 Å². The number of benzene rings is 2. The van der Waals surface area contributed by atoms with Gasteiger partial charge in [-0.25, -0.2) is 8.42 Å². The molecule has 20 heavy (non-hydrogen) atoms. The van der Waals surface area contributed by atoms with E-state index in [1.54, 1.807) is 36.4 Å². The third-order valence-corrected chi connectivity index (χ3v) is 4.23. The van der Waals surface area contributed by atoms with E-state index in [-0.39, 0.29) is 5.75 Å². The number of rotatable bonds is 5. The van der Waals surface area contributed by atoms with Crippen LogP contribution in [-0.4, -0.2) is 8.42 Å². The average molecular weight is 290 g/mol. The number of nitrogens with one attached hydrogen (secondary N) is 1. The molecule has 0 atom stereocenters. The Morgan fingerprint density at radius 2 is 1.50 bits per heavy atom. The minimum absolute atomic E-state index is 0.0667. The van der Waals surface area contributed by atoms with Crippen molar-refractivity contribution in [3.8, 4) is 0 Å². The highest BCUT2D eigenvalue weighted by atomic mass is 32.2. The maximum Gasteiger partial charge on any atom is 0.236 e. The summed E-state index contributed by atoms with van der Waals surface area (Å²) in [5, 5.41) is 0. The zero-order valence-corrected chi connectivity index (χ0v) is 12.2. The fourth-order valence-electron chi connectivity index (χ4n) is 1.86. The quantitative estimate of drug-likeness (QED) is 0.832. The van der Waals surface area contributed by atoms with Crippen molar-refractivity contribution in [2.24, 2.45) is 0 Å². The van der Waals surface area contributed by atoms with Gasteiger partial charge < -0.3 is 5.73 Å². The first kappa shape index (κ1) is 14.4. The maximum absolute atomic E-state index is 12.1. The zero-order chi connectivity index (χ0) is 14.6. The molecule has 0 fully saturated rings. The van der Waals surface area contributed by atoms with E-state index in [1.165, 1.54) is 5.56 Å². The first-order valence-electron chi connectivity index (χ1n) is 6.42. The fourth-order valence-corrected chi connectivity index (χ4v) is 3.06. The van der Waals surface area contributed by atoms with Crippen molar-refractivity contribution in [2.45, 2.75) is 19.1 Å². The molecule has 0 spiro atoms. The summed E-state index contributed by atoms with van der Waals surface area (Å²) in [6.07, 6.45) is 0.929. The van der Waals surface area contributed by atoms with Crippen LogP contribution >= 0.6 is 0 Å². The van der Waals surface area contributed by atoms with E-state index in [1.807, 2.05) is 12.1 Å². The number of hydrogen-bond acceptors (Lipinski definition) is 3. The molecule has 0 aliphatic rings. The molecule has 3 N–H and O–H groups in total. The monoisotopic (exact) mass is 290 g/mol. The van der Waals surface area contributed by atoms with Gasteiger partial charge in [-0.05, 0) is 41.8 Å². The lowest BCUT2D eigenvalue weighted by Gasteiger charge is -2.09. The predicted molar refractivity (Wildman–Crippen MR) is 82.9 cm³/mol. The Morgan fingerprint density at radius 1 is 0.950 bits per heavy atom. The summed E-state index contributed by atoms with van der Waals surface area (Å²) in [5.41, 5.74) is 8.66. The second kappa shape index (κ2) is 5.96. The number of anilines is 2. The van der Waals surface area contributed by atoms with Crippen LogP contribution in [0.3, 0.4) is 0 Å². The summed E-state index contributed by atoms with van der Waals surface area (Å²) in [4.78, 5) is 0. The number of sulfonamides is 1. The fraction of sp³-hybridized carbons (Fsp3) is 0.200.